The molecule has 0 saturated heterocycles. The van der Waals surface area contributed by atoms with Crippen LogP contribution in [0.5, 0.6) is 0 Å². The van der Waals surface area contributed by atoms with Gasteiger partial charge in [0.25, 0.3) is 0 Å². The molecule has 1 atom stereocenters. The van der Waals surface area contributed by atoms with E-state index in [2.05, 4.69) is 4.98 Å². The smallest absolute Gasteiger partial charge is 0.314 e. The Hall–Kier alpha value is -1.81. The van der Waals surface area contributed by atoms with Gasteiger partial charge < -0.3 is 15.2 Å². The molecular formula is C13H15NO3. The van der Waals surface area contributed by atoms with Gasteiger partial charge in [0.05, 0.1) is 5.41 Å². The van der Waals surface area contributed by atoms with Crippen LogP contribution >= 0.6 is 0 Å². The van der Waals surface area contributed by atoms with Gasteiger partial charge in [-0.15, -0.1) is 0 Å². The predicted octanol–water partition coefficient (Wildman–Crippen LogP) is 1.89. The van der Waals surface area contributed by atoms with Crippen LogP contribution in [0.15, 0.2) is 30.5 Å². The Morgan fingerprint density at radius 3 is 2.76 bits per heavy atom. The fourth-order valence-corrected chi connectivity index (χ4v) is 2.11. The third kappa shape index (κ3) is 1.80. The number of carboxylic acid groups (broad SMARTS) is 1. The monoisotopic (exact) mass is 233 g/mol. The molecule has 0 radical (unpaired) electrons. The normalized spacial score (nSPS) is 14.7. The first-order valence-electron chi connectivity index (χ1n) is 5.50. The summed E-state index contributed by atoms with van der Waals surface area (Å²) in [4.78, 5) is 14.5. The predicted molar refractivity (Wildman–Crippen MR) is 65.0 cm³/mol. The van der Waals surface area contributed by atoms with Gasteiger partial charge in [-0.05, 0) is 25.0 Å². The molecule has 4 nitrogen and oxygen atoms in total. The first kappa shape index (κ1) is 11.7. The van der Waals surface area contributed by atoms with Crippen molar-refractivity contribution in [3.05, 3.63) is 36.0 Å². The first-order chi connectivity index (χ1) is 8.09. The molecule has 0 aliphatic rings. The number of fused-ring (bicyclic) bond motifs is 1. The second-order valence-electron chi connectivity index (χ2n) is 4.36. The molecule has 2 rings (SSSR count). The van der Waals surface area contributed by atoms with E-state index in [0.717, 1.165) is 16.5 Å². The number of aliphatic hydroxyl groups is 1. The highest BCUT2D eigenvalue weighted by Crippen LogP contribution is 2.33. The SMILES string of the molecule is CC(CCO)(C(=O)O)c1c[nH]c2ccccc12. The highest BCUT2D eigenvalue weighted by molar-refractivity contribution is 5.91. The minimum absolute atomic E-state index is 0.150. The molecule has 4 heteroatoms. The summed E-state index contributed by atoms with van der Waals surface area (Å²) in [5, 5.41) is 19.3. The summed E-state index contributed by atoms with van der Waals surface area (Å²) in [6.45, 7) is 1.49. The van der Waals surface area contributed by atoms with Crippen LogP contribution in [0.3, 0.4) is 0 Å². The lowest BCUT2D eigenvalue weighted by molar-refractivity contribution is -0.143. The van der Waals surface area contributed by atoms with Crippen molar-refractivity contribution in [3.8, 4) is 0 Å². The van der Waals surface area contributed by atoms with Crippen molar-refractivity contribution in [1.29, 1.82) is 0 Å². The Morgan fingerprint density at radius 1 is 1.41 bits per heavy atom. The number of para-hydroxylation sites is 1. The maximum absolute atomic E-state index is 11.4. The molecule has 90 valence electrons. The van der Waals surface area contributed by atoms with E-state index >= 15 is 0 Å². The molecule has 1 unspecified atom stereocenters. The van der Waals surface area contributed by atoms with E-state index in [0.29, 0.717) is 0 Å². The molecule has 0 amide bonds. The number of hydrogen-bond acceptors (Lipinski definition) is 2. The Labute approximate surface area is 98.9 Å². The minimum Gasteiger partial charge on any atom is -0.481 e. The summed E-state index contributed by atoms with van der Waals surface area (Å²) in [5.41, 5.74) is 0.566. The molecule has 17 heavy (non-hydrogen) atoms. The molecule has 1 heterocycles. The lowest BCUT2D eigenvalue weighted by atomic mass is 9.79. The summed E-state index contributed by atoms with van der Waals surface area (Å²) in [6, 6.07) is 7.56. The fraction of sp³-hybridized carbons (Fsp3) is 0.308. The molecular weight excluding hydrogens is 218 g/mol. The number of benzene rings is 1. The fourth-order valence-electron chi connectivity index (χ4n) is 2.11. The summed E-state index contributed by atoms with van der Waals surface area (Å²) in [5.74, 6) is -0.920. The lowest BCUT2D eigenvalue weighted by Gasteiger charge is -2.23. The molecule has 1 aromatic carbocycles. The van der Waals surface area contributed by atoms with Crippen LogP contribution in [0.25, 0.3) is 10.9 Å². The Bertz CT molecular complexity index is 546. The molecule has 0 saturated carbocycles. The zero-order valence-electron chi connectivity index (χ0n) is 9.60. The average molecular weight is 233 g/mol. The third-order valence-electron chi connectivity index (χ3n) is 3.27. The van der Waals surface area contributed by atoms with Crippen molar-refractivity contribution in [2.24, 2.45) is 0 Å². The highest BCUT2D eigenvalue weighted by atomic mass is 16.4. The van der Waals surface area contributed by atoms with Crippen molar-refractivity contribution in [2.45, 2.75) is 18.8 Å². The van der Waals surface area contributed by atoms with Crippen LogP contribution in [0.4, 0.5) is 0 Å². The number of rotatable bonds is 4. The Balaban J connectivity index is 2.60. The topological polar surface area (TPSA) is 73.3 Å². The molecule has 1 aromatic heterocycles. The van der Waals surface area contributed by atoms with E-state index < -0.39 is 11.4 Å². The number of aliphatic carboxylic acids is 1. The maximum atomic E-state index is 11.4. The van der Waals surface area contributed by atoms with Gasteiger partial charge in [0.1, 0.15) is 0 Å². The standard InChI is InChI=1S/C13H15NO3/c1-13(6-7-15,12(16)17)10-8-14-11-5-3-2-4-9(10)11/h2-5,8,14-15H,6-7H2,1H3,(H,16,17). The number of aromatic nitrogens is 1. The van der Waals surface area contributed by atoms with Crippen LogP contribution in [-0.2, 0) is 10.2 Å². The third-order valence-corrected chi connectivity index (χ3v) is 3.27. The number of carbonyl (C=O) groups is 1. The Kier molecular flexibility index (Phi) is 2.90. The zero-order chi connectivity index (χ0) is 12.5. The summed E-state index contributed by atoms with van der Waals surface area (Å²) < 4.78 is 0. The van der Waals surface area contributed by atoms with Crippen LogP contribution in [0.1, 0.15) is 18.9 Å². The van der Waals surface area contributed by atoms with Crippen molar-refractivity contribution in [3.63, 3.8) is 0 Å². The highest BCUT2D eigenvalue weighted by Gasteiger charge is 2.36. The molecule has 2 aromatic rings. The maximum Gasteiger partial charge on any atom is 0.314 e. The van der Waals surface area contributed by atoms with Crippen LogP contribution in [-0.4, -0.2) is 27.8 Å². The second-order valence-corrected chi connectivity index (χ2v) is 4.36. The molecule has 0 spiro atoms. The molecule has 0 bridgehead atoms. The molecule has 0 aliphatic heterocycles. The van der Waals surface area contributed by atoms with Gasteiger partial charge in [-0.1, -0.05) is 18.2 Å². The lowest BCUT2D eigenvalue weighted by Crippen LogP contribution is -2.33. The van der Waals surface area contributed by atoms with Gasteiger partial charge in [-0.2, -0.15) is 0 Å². The zero-order valence-corrected chi connectivity index (χ0v) is 9.60. The molecule has 3 N–H and O–H groups in total. The quantitative estimate of drug-likeness (QED) is 0.755. The van der Waals surface area contributed by atoms with E-state index in [4.69, 9.17) is 5.11 Å². The molecule has 0 fully saturated rings. The van der Waals surface area contributed by atoms with E-state index in [1.54, 1.807) is 13.1 Å². The van der Waals surface area contributed by atoms with E-state index in [9.17, 15) is 9.90 Å². The first-order valence-corrected chi connectivity index (χ1v) is 5.50. The number of aromatic amines is 1. The van der Waals surface area contributed by atoms with E-state index in [-0.39, 0.29) is 13.0 Å². The van der Waals surface area contributed by atoms with Crippen LogP contribution in [0.2, 0.25) is 0 Å². The van der Waals surface area contributed by atoms with Crippen molar-refractivity contribution < 1.29 is 15.0 Å². The van der Waals surface area contributed by atoms with E-state index in [1.165, 1.54) is 0 Å². The van der Waals surface area contributed by atoms with Crippen LogP contribution in [0, 0.1) is 0 Å². The number of carboxylic acids is 1. The number of hydrogen-bond donors (Lipinski definition) is 3. The largest absolute Gasteiger partial charge is 0.481 e. The van der Waals surface area contributed by atoms with E-state index in [1.807, 2.05) is 24.3 Å². The van der Waals surface area contributed by atoms with Crippen molar-refractivity contribution in [1.82, 2.24) is 4.98 Å². The van der Waals surface area contributed by atoms with Gasteiger partial charge in [-0.25, -0.2) is 0 Å². The van der Waals surface area contributed by atoms with Gasteiger partial charge in [0, 0.05) is 23.7 Å². The number of H-pyrrole nitrogens is 1. The van der Waals surface area contributed by atoms with Gasteiger partial charge >= 0.3 is 5.97 Å². The minimum atomic E-state index is -1.06. The number of aliphatic hydroxyl groups excluding tert-OH is 1. The van der Waals surface area contributed by atoms with Crippen molar-refractivity contribution in [2.75, 3.05) is 6.61 Å². The number of nitrogens with one attached hydrogen (secondary N) is 1. The van der Waals surface area contributed by atoms with Gasteiger partial charge in [0.2, 0.25) is 0 Å². The average Bonchev–Trinajstić information content (AvgIpc) is 2.73. The second kappa shape index (κ2) is 4.22. The van der Waals surface area contributed by atoms with Gasteiger partial charge in [0.15, 0.2) is 0 Å². The van der Waals surface area contributed by atoms with Gasteiger partial charge in [-0.3, -0.25) is 4.79 Å². The summed E-state index contributed by atoms with van der Waals surface area (Å²) >= 11 is 0. The summed E-state index contributed by atoms with van der Waals surface area (Å²) in [6.07, 6.45) is 1.92. The van der Waals surface area contributed by atoms with Crippen molar-refractivity contribution >= 4 is 16.9 Å². The van der Waals surface area contributed by atoms with Crippen LogP contribution < -0.4 is 0 Å². The Morgan fingerprint density at radius 2 is 2.12 bits per heavy atom. The molecule has 0 aliphatic carbocycles. The summed E-state index contributed by atoms with van der Waals surface area (Å²) in [7, 11) is 0.